The first-order valence-electron chi connectivity index (χ1n) is 15.5. The number of guanidine groups is 1. The Morgan fingerprint density at radius 2 is 1.73 bits per heavy atom. The van der Waals surface area contributed by atoms with Crippen molar-refractivity contribution in [3.63, 3.8) is 0 Å². The summed E-state index contributed by atoms with van der Waals surface area (Å²) in [5.41, 5.74) is 20.6. The number of carboxylic acids is 1. The summed E-state index contributed by atoms with van der Waals surface area (Å²) in [6.07, 6.45) is 2.85. The Morgan fingerprint density at radius 3 is 2.48 bits per heavy atom. The molecule has 0 saturated heterocycles. The van der Waals surface area contributed by atoms with Gasteiger partial charge in [-0.1, -0.05) is 48.5 Å². The number of amides is 1. The van der Waals surface area contributed by atoms with Crippen LogP contribution in [0.2, 0.25) is 0 Å². The van der Waals surface area contributed by atoms with Crippen molar-refractivity contribution >= 4 is 61.9 Å². The summed E-state index contributed by atoms with van der Waals surface area (Å²) in [6.45, 7) is 0.235. The second-order valence-corrected chi connectivity index (χ2v) is 12.6. The number of para-hydroxylation sites is 1. The largest absolute Gasteiger partial charge is 0.478 e. The standard InChI is InChI=1S/C35H37N7O5S/c36-25(16-23-19-40-26-10-5-4-9-24(23)26)29(43)17-22(15-20-7-2-1-3-8-20)32(45)41-28(11-6-14-39-35(37)38)31(44)33-42-27-13-12-21(34(46)47)18-30(27)48-33/h1-5,7-10,12-13,18-19,22,25,28,40H,6,11,14-17,36H2,(H,41,45)(H,46,47)(H4,37,38,39)/t22-,25-,28+/m1/s1. The number of H-pyrrole nitrogens is 1. The third kappa shape index (κ3) is 8.49. The highest BCUT2D eigenvalue weighted by Gasteiger charge is 2.31. The molecule has 2 heterocycles. The first-order valence-corrected chi connectivity index (χ1v) is 16.3. The molecule has 0 aliphatic heterocycles. The number of rotatable bonds is 16. The average molecular weight is 668 g/mol. The molecule has 0 bridgehead atoms. The Kier molecular flexibility index (Phi) is 10.9. The topological polar surface area (TPSA) is 220 Å². The summed E-state index contributed by atoms with van der Waals surface area (Å²) in [7, 11) is 0. The maximum Gasteiger partial charge on any atom is 0.335 e. The van der Waals surface area contributed by atoms with E-state index in [0.29, 0.717) is 23.1 Å². The van der Waals surface area contributed by atoms with E-state index < -0.39 is 35.7 Å². The molecule has 0 saturated carbocycles. The van der Waals surface area contributed by atoms with Gasteiger partial charge in [0.15, 0.2) is 16.8 Å². The summed E-state index contributed by atoms with van der Waals surface area (Å²) in [5.74, 6) is -3.17. The maximum atomic E-state index is 14.0. The van der Waals surface area contributed by atoms with Crippen LogP contribution in [-0.4, -0.2) is 63.1 Å². The van der Waals surface area contributed by atoms with E-state index in [2.05, 4.69) is 20.3 Å². The quantitative estimate of drug-likeness (QED) is 0.0391. The summed E-state index contributed by atoms with van der Waals surface area (Å²) < 4.78 is 0.528. The lowest BCUT2D eigenvalue weighted by Crippen LogP contribution is -2.45. The van der Waals surface area contributed by atoms with Gasteiger partial charge < -0.3 is 32.6 Å². The smallest absolute Gasteiger partial charge is 0.335 e. The lowest BCUT2D eigenvalue weighted by atomic mass is 9.89. The molecule has 0 unspecified atom stereocenters. The highest BCUT2D eigenvalue weighted by atomic mass is 32.1. The van der Waals surface area contributed by atoms with Gasteiger partial charge in [0.1, 0.15) is 0 Å². The van der Waals surface area contributed by atoms with Crippen molar-refractivity contribution < 1.29 is 24.3 Å². The van der Waals surface area contributed by atoms with Gasteiger partial charge in [0, 0.05) is 36.0 Å². The minimum atomic E-state index is -1.09. The van der Waals surface area contributed by atoms with E-state index in [1.807, 2.05) is 60.8 Å². The lowest BCUT2D eigenvalue weighted by Gasteiger charge is -2.22. The molecule has 0 spiro atoms. The molecule has 48 heavy (non-hydrogen) atoms. The Balaban J connectivity index is 1.36. The van der Waals surface area contributed by atoms with Crippen molar-refractivity contribution in [3.05, 3.63) is 101 Å². The number of hydrogen-bond acceptors (Lipinski definition) is 8. The normalized spacial score (nSPS) is 13.1. The van der Waals surface area contributed by atoms with Gasteiger partial charge in [-0.25, -0.2) is 9.78 Å². The molecule has 0 radical (unpaired) electrons. The van der Waals surface area contributed by atoms with Crippen LogP contribution in [0.4, 0.5) is 0 Å². The predicted octanol–water partition coefficient (Wildman–Crippen LogP) is 3.59. The number of Topliss-reactive ketones (excluding diaryl/α,β-unsaturated/α-hetero) is 2. The number of aromatic amines is 1. The summed E-state index contributed by atoms with van der Waals surface area (Å²) in [5, 5.41) is 13.4. The monoisotopic (exact) mass is 667 g/mol. The number of thiazole rings is 1. The van der Waals surface area contributed by atoms with Crippen molar-refractivity contribution in [1.29, 1.82) is 0 Å². The van der Waals surface area contributed by atoms with Gasteiger partial charge in [-0.2, -0.15) is 0 Å². The van der Waals surface area contributed by atoms with Gasteiger partial charge in [-0.3, -0.25) is 19.4 Å². The first kappa shape index (κ1) is 33.9. The van der Waals surface area contributed by atoms with Crippen molar-refractivity contribution in [1.82, 2.24) is 15.3 Å². The number of fused-ring (bicyclic) bond motifs is 2. The van der Waals surface area contributed by atoms with Crippen LogP contribution in [0.1, 0.15) is 50.5 Å². The Labute approximate surface area is 280 Å². The molecule has 0 aliphatic carbocycles. The van der Waals surface area contributed by atoms with E-state index in [9.17, 15) is 24.3 Å². The highest BCUT2D eigenvalue weighted by molar-refractivity contribution is 7.20. The molecular weight excluding hydrogens is 630 g/mol. The molecule has 3 aromatic carbocycles. The van der Waals surface area contributed by atoms with Gasteiger partial charge in [-0.05, 0) is 61.1 Å². The maximum absolute atomic E-state index is 14.0. The van der Waals surface area contributed by atoms with Gasteiger partial charge >= 0.3 is 5.97 Å². The van der Waals surface area contributed by atoms with Gasteiger partial charge in [0.05, 0.1) is 27.9 Å². The molecule has 2 aromatic heterocycles. The van der Waals surface area contributed by atoms with E-state index in [1.165, 1.54) is 12.1 Å². The van der Waals surface area contributed by atoms with Crippen LogP contribution >= 0.6 is 11.3 Å². The number of nitrogens with one attached hydrogen (secondary N) is 2. The average Bonchev–Trinajstić information content (AvgIpc) is 3.69. The molecule has 13 heteroatoms. The van der Waals surface area contributed by atoms with Gasteiger partial charge in [-0.15, -0.1) is 11.3 Å². The molecule has 5 rings (SSSR count). The summed E-state index contributed by atoms with van der Waals surface area (Å²) >= 11 is 1.05. The number of carbonyl (C=O) groups is 4. The number of aliphatic imine (C=N–C) groups is 1. The van der Waals surface area contributed by atoms with E-state index in [1.54, 1.807) is 6.07 Å². The number of aromatic nitrogens is 2. The number of carboxylic acid groups (broad SMARTS) is 1. The number of nitrogens with zero attached hydrogens (tertiary/aromatic N) is 2. The zero-order valence-corrected chi connectivity index (χ0v) is 26.9. The SMILES string of the molecule is NC(N)=NCCC[C@H](NC(=O)[C@@H](CC(=O)[C@H](N)Cc1c[nH]c2ccccc12)Cc1ccccc1)C(=O)c1nc2ccc(C(=O)O)cc2s1. The van der Waals surface area contributed by atoms with Crippen molar-refractivity contribution in [2.45, 2.75) is 44.2 Å². The summed E-state index contributed by atoms with van der Waals surface area (Å²) in [4.78, 5) is 64.4. The highest BCUT2D eigenvalue weighted by Crippen LogP contribution is 2.26. The number of nitrogens with two attached hydrogens (primary N) is 3. The van der Waals surface area contributed by atoms with Crippen LogP contribution in [0.15, 0.2) is 84.0 Å². The van der Waals surface area contributed by atoms with Gasteiger partial charge in [0.25, 0.3) is 0 Å². The van der Waals surface area contributed by atoms with Crippen molar-refractivity contribution in [2.75, 3.05) is 6.54 Å². The zero-order valence-electron chi connectivity index (χ0n) is 26.1. The zero-order chi connectivity index (χ0) is 34.2. The third-order valence-corrected chi connectivity index (χ3v) is 9.13. The third-order valence-electron chi connectivity index (χ3n) is 8.10. The Bertz CT molecular complexity index is 1970. The molecule has 0 fully saturated rings. The molecule has 5 aromatic rings. The number of hydrogen-bond donors (Lipinski definition) is 6. The van der Waals surface area contributed by atoms with Crippen LogP contribution < -0.4 is 22.5 Å². The van der Waals surface area contributed by atoms with E-state index in [-0.39, 0.29) is 48.1 Å². The molecule has 12 nitrogen and oxygen atoms in total. The fourth-order valence-corrected chi connectivity index (χ4v) is 6.57. The summed E-state index contributed by atoms with van der Waals surface area (Å²) in [6, 6.07) is 19.7. The first-order chi connectivity index (χ1) is 23.1. The predicted molar refractivity (Wildman–Crippen MR) is 186 cm³/mol. The molecule has 248 valence electrons. The van der Waals surface area contributed by atoms with Crippen LogP contribution in [-0.2, 0) is 22.4 Å². The van der Waals surface area contributed by atoms with E-state index in [4.69, 9.17) is 17.2 Å². The van der Waals surface area contributed by atoms with Gasteiger partial charge in [0.2, 0.25) is 11.7 Å². The minimum absolute atomic E-state index is 0.0727. The molecule has 9 N–H and O–H groups in total. The minimum Gasteiger partial charge on any atom is -0.478 e. The molecule has 1 amide bonds. The molecule has 3 atom stereocenters. The van der Waals surface area contributed by atoms with E-state index in [0.717, 1.165) is 33.4 Å². The Morgan fingerprint density at radius 1 is 0.979 bits per heavy atom. The van der Waals surface area contributed by atoms with Crippen LogP contribution in [0.3, 0.4) is 0 Å². The fourth-order valence-electron chi connectivity index (χ4n) is 5.58. The lowest BCUT2D eigenvalue weighted by molar-refractivity contribution is -0.130. The van der Waals surface area contributed by atoms with Crippen LogP contribution in [0, 0.1) is 5.92 Å². The number of ketones is 2. The number of aromatic carboxylic acids is 1. The number of benzene rings is 3. The van der Waals surface area contributed by atoms with Crippen molar-refractivity contribution in [2.24, 2.45) is 28.1 Å². The Hall–Kier alpha value is -5.40. The van der Waals surface area contributed by atoms with Crippen LogP contribution in [0.5, 0.6) is 0 Å². The van der Waals surface area contributed by atoms with Crippen molar-refractivity contribution in [3.8, 4) is 0 Å². The number of carbonyl (C=O) groups excluding carboxylic acids is 3. The molecular formula is C35H37N7O5S. The second-order valence-electron chi connectivity index (χ2n) is 11.6. The fraction of sp³-hybridized carbons (Fsp3) is 0.257. The second kappa shape index (κ2) is 15.5. The van der Waals surface area contributed by atoms with Crippen LogP contribution in [0.25, 0.3) is 21.1 Å². The molecule has 0 aliphatic rings. The van der Waals surface area contributed by atoms with E-state index >= 15 is 0 Å².